The molecular weight excluding hydrogens is 437 g/mol. The van der Waals surface area contributed by atoms with Crippen LogP contribution in [0, 0.1) is 12.7 Å². The highest BCUT2D eigenvalue weighted by molar-refractivity contribution is 6.09. The molecule has 1 fully saturated rings. The van der Waals surface area contributed by atoms with Gasteiger partial charge >= 0.3 is 6.09 Å². The van der Waals surface area contributed by atoms with E-state index in [4.69, 9.17) is 9.47 Å². The largest absolute Gasteiger partial charge is 0.457 e. The van der Waals surface area contributed by atoms with Crippen LogP contribution < -0.4 is 10.1 Å². The molecule has 1 saturated heterocycles. The molecule has 2 amide bonds. The van der Waals surface area contributed by atoms with Crippen molar-refractivity contribution in [2.45, 2.75) is 39.2 Å². The summed E-state index contributed by atoms with van der Waals surface area (Å²) in [5.41, 5.74) is 0.943. The third-order valence-corrected chi connectivity index (χ3v) is 5.77. The van der Waals surface area contributed by atoms with Gasteiger partial charge in [0.2, 0.25) is 5.60 Å². The van der Waals surface area contributed by atoms with Gasteiger partial charge in [0.1, 0.15) is 17.3 Å². The average molecular weight is 461 g/mol. The fourth-order valence-electron chi connectivity index (χ4n) is 3.89. The van der Waals surface area contributed by atoms with E-state index in [9.17, 15) is 18.8 Å². The molecule has 3 aromatic rings. The molecule has 4 rings (SSSR count). The molecule has 0 saturated carbocycles. The van der Waals surface area contributed by atoms with E-state index in [1.54, 1.807) is 55.5 Å². The lowest BCUT2D eigenvalue weighted by Crippen LogP contribution is -2.33. The summed E-state index contributed by atoms with van der Waals surface area (Å²) in [4.78, 5) is 36.7. The second-order valence-electron chi connectivity index (χ2n) is 8.39. The summed E-state index contributed by atoms with van der Waals surface area (Å²) in [6.45, 7) is 5.28. The molecular formula is C27H24FNO5. The Morgan fingerprint density at radius 2 is 1.88 bits per heavy atom. The topological polar surface area (TPSA) is 81.7 Å². The number of cyclic esters (lactones) is 1. The van der Waals surface area contributed by atoms with Crippen LogP contribution in [0.15, 0.2) is 60.7 Å². The minimum atomic E-state index is -1.45. The fraction of sp³-hybridized carbons (Fsp3) is 0.222. The van der Waals surface area contributed by atoms with Crippen molar-refractivity contribution in [3.63, 3.8) is 0 Å². The number of alkyl carbamates (subject to hydrolysis) is 1. The van der Waals surface area contributed by atoms with Crippen LogP contribution in [0.3, 0.4) is 0 Å². The van der Waals surface area contributed by atoms with Crippen LogP contribution in [0.5, 0.6) is 11.5 Å². The summed E-state index contributed by atoms with van der Waals surface area (Å²) in [5, 5.41) is 2.14. The van der Waals surface area contributed by atoms with E-state index >= 15 is 0 Å². The molecule has 0 aliphatic carbocycles. The van der Waals surface area contributed by atoms with Gasteiger partial charge in [-0.05, 0) is 73.9 Å². The number of ketones is 1. The molecule has 3 aromatic carbocycles. The number of rotatable bonds is 7. The highest BCUT2D eigenvalue weighted by Gasteiger charge is 2.46. The number of aryl methyl sites for hydroxylation is 2. The maximum atomic E-state index is 14.3. The molecule has 1 atom stereocenters. The number of ether oxygens (including phenoxy) is 2. The highest BCUT2D eigenvalue weighted by atomic mass is 19.1. The first-order chi connectivity index (χ1) is 16.2. The average Bonchev–Trinajstić information content (AvgIpc) is 3.07. The minimum absolute atomic E-state index is 0.0204. The van der Waals surface area contributed by atoms with E-state index < -0.39 is 29.2 Å². The van der Waals surface area contributed by atoms with Crippen LogP contribution in [0.2, 0.25) is 0 Å². The zero-order valence-electron chi connectivity index (χ0n) is 19.1. The standard InChI is InChI=1S/C27H24FNO5/c1-4-6-17-14-18(24(30)21-11-9-16(2)13-22(21)28)10-12-23(17)33-20-8-5-7-19(15-20)27(3)25(31)29-26(32)34-27/h5,7-15H,4,6H2,1-3H3,(H,29,31,32)/t27-/m1/s1. The summed E-state index contributed by atoms with van der Waals surface area (Å²) >= 11 is 0. The van der Waals surface area contributed by atoms with Crippen LogP contribution in [0.25, 0.3) is 0 Å². The fourth-order valence-corrected chi connectivity index (χ4v) is 3.89. The van der Waals surface area contributed by atoms with Crippen molar-refractivity contribution in [1.82, 2.24) is 5.32 Å². The lowest BCUT2D eigenvalue weighted by atomic mass is 9.95. The van der Waals surface area contributed by atoms with Gasteiger partial charge in [-0.25, -0.2) is 9.18 Å². The first kappa shape index (κ1) is 23.2. The lowest BCUT2D eigenvalue weighted by Gasteiger charge is -2.20. The Bertz CT molecular complexity index is 1300. The number of halogens is 1. The number of benzene rings is 3. The molecule has 0 bridgehead atoms. The van der Waals surface area contributed by atoms with Gasteiger partial charge in [0.05, 0.1) is 5.56 Å². The quantitative estimate of drug-likeness (QED) is 0.464. The normalized spacial score (nSPS) is 17.3. The molecule has 1 heterocycles. The highest BCUT2D eigenvalue weighted by Crippen LogP contribution is 2.34. The Labute approximate surface area is 196 Å². The summed E-state index contributed by atoms with van der Waals surface area (Å²) < 4.78 is 25.6. The third-order valence-electron chi connectivity index (χ3n) is 5.77. The number of nitrogens with one attached hydrogen (secondary N) is 1. The van der Waals surface area contributed by atoms with Crippen molar-refractivity contribution in [3.05, 3.63) is 94.3 Å². The van der Waals surface area contributed by atoms with Crippen LogP contribution in [-0.2, 0) is 21.6 Å². The van der Waals surface area contributed by atoms with Gasteiger partial charge in [-0.15, -0.1) is 0 Å². The number of hydrogen-bond acceptors (Lipinski definition) is 5. The molecule has 34 heavy (non-hydrogen) atoms. The van der Waals surface area contributed by atoms with E-state index in [1.807, 2.05) is 6.92 Å². The Morgan fingerprint density at radius 3 is 2.56 bits per heavy atom. The Kier molecular flexibility index (Phi) is 6.20. The van der Waals surface area contributed by atoms with Gasteiger partial charge in [0.25, 0.3) is 5.91 Å². The lowest BCUT2D eigenvalue weighted by molar-refractivity contribution is -0.130. The molecule has 174 valence electrons. The first-order valence-electron chi connectivity index (χ1n) is 11.0. The summed E-state index contributed by atoms with van der Waals surface area (Å²) in [6.07, 6.45) is 0.653. The van der Waals surface area contributed by atoms with Gasteiger partial charge in [-0.1, -0.05) is 31.5 Å². The smallest absolute Gasteiger partial charge is 0.415 e. The molecule has 6 nitrogen and oxygen atoms in total. The van der Waals surface area contributed by atoms with Crippen LogP contribution in [-0.4, -0.2) is 17.8 Å². The molecule has 1 aliphatic rings. The molecule has 1 N–H and O–H groups in total. The van der Waals surface area contributed by atoms with Crippen LogP contribution in [0.1, 0.15) is 52.9 Å². The van der Waals surface area contributed by atoms with E-state index in [0.717, 1.165) is 17.5 Å². The predicted molar refractivity (Wildman–Crippen MR) is 123 cm³/mol. The zero-order valence-corrected chi connectivity index (χ0v) is 19.1. The zero-order chi connectivity index (χ0) is 24.5. The summed E-state index contributed by atoms with van der Waals surface area (Å²) in [7, 11) is 0. The van der Waals surface area contributed by atoms with E-state index in [0.29, 0.717) is 29.0 Å². The molecule has 7 heteroatoms. The number of amides is 2. The maximum absolute atomic E-state index is 14.3. The van der Waals surface area contributed by atoms with Crippen LogP contribution >= 0.6 is 0 Å². The predicted octanol–water partition coefficient (Wildman–Crippen LogP) is 5.59. The molecule has 0 aromatic heterocycles. The number of imide groups is 1. The van der Waals surface area contributed by atoms with E-state index in [2.05, 4.69) is 5.32 Å². The van der Waals surface area contributed by atoms with Gasteiger partial charge in [-0.2, -0.15) is 0 Å². The van der Waals surface area contributed by atoms with Gasteiger partial charge < -0.3 is 9.47 Å². The summed E-state index contributed by atoms with van der Waals surface area (Å²) in [5.74, 6) is -0.518. The van der Waals surface area contributed by atoms with Crippen molar-refractivity contribution in [1.29, 1.82) is 0 Å². The van der Waals surface area contributed by atoms with Crippen molar-refractivity contribution < 1.29 is 28.2 Å². The molecule has 0 radical (unpaired) electrons. The van der Waals surface area contributed by atoms with Crippen LogP contribution in [0.4, 0.5) is 9.18 Å². The first-order valence-corrected chi connectivity index (χ1v) is 11.0. The molecule has 0 unspecified atom stereocenters. The Morgan fingerprint density at radius 1 is 1.09 bits per heavy atom. The number of carbonyl (C=O) groups is 3. The van der Waals surface area contributed by atoms with Crippen molar-refractivity contribution in [3.8, 4) is 11.5 Å². The van der Waals surface area contributed by atoms with E-state index in [-0.39, 0.29) is 5.56 Å². The van der Waals surface area contributed by atoms with E-state index in [1.165, 1.54) is 19.1 Å². The Hall–Kier alpha value is -4.00. The van der Waals surface area contributed by atoms with Gasteiger partial charge in [0.15, 0.2) is 5.78 Å². The SMILES string of the molecule is CCCc1cc(C(=O)c2ccc(C)cc2F)ccc1Oc1cccc([C@@]2(C)OC(=O)NC2=O)c1. The van der Waals surface area contributed by atoms with Crippen molar-refractivity contribution in [2.75, 3.05) is 0 Å². The maximum Gasteiger partial charge on any atom is 0.415 e. The Balaban J connectivity index is 1.63. The number of hydrogen-bond donors (Lipinski definition) is 1. The van der Waals surface area contributed by atoms with Crippen molar-refractivity contribution >= 4 is 17.8 Å². The molecule has 1 aliphatic heterocycles. The molecule has 0 spiro atoms. The summed E-state index contributed by atoms with van der Waals surface area (Å²) in [6, 6.07) is 16.3. The third kappa shape index (κ3) is 4.41. The minimum Gasteiger partial charge on any atom is -0.457 e. The van der Waals surface area contributed by atoms with Crippen molar-refractivity contribution in [2.24, 2.45) is 0 Å². The second-order valence-corrected chi connectivity index (χ2v) is 8.39. The second kappa shape index (κ2) is 9.09. The van der Waals surface area contributed by atoms with Gasteiger partial charge in [0, 0.05) is 11.1 Å². The number of carbonyl (C=O) groups excluding carboxylic acids is 3. The monoisotopic (exact) mass is 461 g/mol. The van der Waals surface area contributed by atoms with Gasteiger partial charge in [-0.3, -0.25) is 14.9 Å².